The van der Waals surface area contributed by atoms with E-state index in [-0.39, 0.29) is 0 Å². The number of hydrogen-bond donors (Lipinski definition) is 0. The molecule has 0 aliphatic rings. The predicted octanol–water partition coefficient (Wildman–Crippen LogP) is 5.08. The molecule has 0 amide bonds. The molecule has 0 unspecified atom stereocenters. The number of benzene rings is 2. The Morgan fingerprint density at radius 3 is 2.28 bits per heavy atom. The van der Waals surface area contributed by atoms with Crippen LogP contribution in [0, 0.1) is 22.7 Å². The van der Waals surface area contributed by atoms with Gasteiger partial charge in [0, 0.05) is 11.4 Å². The summed E-state index contributed by atoms with van der Waals surface area (Å²) in [7, 11) is 0. The highest BCUT2D eigenvalue weighted by Gasteiger charge is 2.17. The highest BCUT2D eigenvalue weighted by atomic mass is 32.2. The lowest BCUT2D eigenvalue weighted by molar-refractivity contribution is 0.0989. The molecule has 0 fully saturated rings. The minimum absolute atomic E-state index is 0.429. The van der Waals surface area contributed by atoms with Gasteiger partial charge in [0.05, 0.1) is 35.6 Å². The Morgan fingerprint density at radius 1 is 1.00 bits per heavy atom. The Morgan fingerprint density at radius 2 is 1.69 bits per heavy atom. The van der Waals surface area contributed by atoms with Gasteiger partial charge in [-0.15, -0.1) is 0 Å². The first-order valence-corrected chi connectivity index (χ1v) is 10.3. The van der Waals surface area contributed by atoms with Crippen LogP contribution in [0.5, 0.6) is 0 Å². The van der Waals surface area contributed by atoms with Crippen LogP contribution in [-0.2, 0) is 30.9 Å². The second-order valence-electron chi connectivity index (χ2n) is 6.43. The number of hydrogen-bond acceptors (Lipinski definition) is 5. The summed E-state index contributed by atoms with van der Waals surface area (Å²) in [5, 5.41) is 19.5. The molecule has 1 heterocycles. The molecule has 0 N–H and O–H groups in total. The summed E-state index contributed by atoms with van der Waals surface area (Å²) >= 11 is 1.54. The molecule has 0 radical (unpaired) electrons. The molecule has 29 heavy (non-hydrogen) atoms. The Bertz CT molecular complexity index is 1030. The fourth-order valence-electron chi connectivity index (χ4n) is 3.05. The fraction of sp³-hybridized carbons (Fsp3) is 0.261. The molecule has 0 aliphatic heterocycles. The van der Waals surface area contributed by atoms with E-state index in [9.17, 15) is 10.5 Å². The Balaban J connectivity index is 1.84. The van der Waals surface area contributed by atoms with E-state index in [1.54, 1.807) is 17.8 Å². The first kappa shape index (κ1) is 20.7. The fourth-order valence-corrected chi connectivity index (χ4v) is 4.30. The minimum atomic E-state index is 0.429. The third kappa shape index (κ3) is 5.06. The molecule has 0 atom stereocenters. The number of aromatic nitrogens is 2. The summed E-state index contributed by atoms with van der Waals surface area (Å²) in [4.78, 5) is 5.66. The van der Waals surface area contributed by atoms with Gasteiger partial charge in [0.25, 0.3) is 0 Å². The van der Waals surface area contributed by atoms with Gasteiger partial charge < -0.3 is 9.30 Å². The molecular weight excluding hydrogens is 380 g/mol. The van der Waals surface area contributed by atoms with Gasteiger partial charge in [-0.05, 0) is 37.1 Å². The number of rotatable bonds is 8. The summed E-state index contributed by atoms with van der Waals surface area (Å²) in [6.45, 7) is 5.89. The summed E-state index contributed by atoms with van der Waals surface area (Å²) in [5.74, 6) is 0.889. The van der Waals surface area contributed by atoms with Crippen molar-refractivity contribution in [1.29, 1.82) is 10.5 Å². The van der Waals surface area contributed by atoms with E-state index < -0.39 is 0 Å². The lowest BCUT2D eigenvalue weighted by Crippen LogP contribution is -2.05. The molecule has 6 heteroatoms. The molecule has 1 aromatic heterocycles. The normalized spacial score (nSPS) is 10.5. The maximum Gasteiger partial charge on any atom is 0.136 e. The standard InChI is InChI=1S/C23H22N4OS/c1-3-21-23(29-20-11-18(13-24)10-19(12-20)14-25)27(4-2)22(26-21)16-28-15-17-8-6-5-7-9-17/h5-12H,3-4,15-16H2,1-2H3. The first-order valence-electron chi connectivity index (χ1n) is 9.51. The van der Waals surface area contributed by atoms with Crippen LogP contribution in [0.3, 0.4) is 0 Å². The van der Waals surface area contributed by atoms with Crippen molar-refractivity contribution in [2.75, 3.05) is 0 Å². The van der Waals surface area contributed by atoms with Crippen molar-refractivity contribution in [1.82, 2.24) is 9.55 Å². The summed E-state index contributed by atoms with van der Waals surface area (Å²) < 4.78 is 8.06. The van der Waals surface area contributed by atoms with Crippen molar-refractivity contribution in [3.05, 3.63) is 76.7 Å². The van der Waals surface area contributed by atoms with Crippen LogP contribution in [0.1, 0.15) is 42.1 Å². The smallest absolute Gasteiger partial charge is 0.136 e. The van der Waals surface area contributed by atoms with E-state index >= 15 is 0 Å². The van der Waals surface area contributed by atoms with Gasteiger partial charge in [-0.25, -0.2) is 4.98 Å². The van der Waals surface area contributed by atoms with Gasteiger partial charge in [0.15, 0.2) is 0 Å². The van der Waals surface area contributed by atoms with Crippen molar-refractivity contribution in [3.63, 3.8) is 0 Å². The SMILES string of the molecule is CCc1nc(COCc2ccccc2)n(CC)c1Sc1cc(C#N)cc(C#N)c1. The summed E-state index contributed by atoms with van der Waals surface area (Å²) in [6, 6.07) is 19.5. The van der Waals surface area contributed by atoms with E-state index in [2.05, 4.69) is 30.6 Å². The maximum absolute atomic E-state index is 9.24. The second kappa shape index (κ2) is 9.93. The average Bonchev–Trinajstić information content (AvgIpc) is 3.10. The monoisotopic (exact) mass is 402 g/mol. The molecule has 3 aromatic rings. The second-order valence-corrected chi connectivity index (χ2v) is 7.49. The van der Waals surface area contributed by atoms with Gasteiger partial charge in [-0.2, -0.15) is 10.5 Å². The molecule has 0 aliphatic carbocycles. The quantitative estimate of drug-likeness (QED) is 0.525. The van der Waals surface area contributed by atoms with Gasteiger partial charge in [0.2, 0.25) is 0 Å². The Kier molecular flexibility index (Phi) is 7.08. The molecule has 2 aromatic carbocycles. The van der Waals surface area contributed by atoms with E-state index in [1.807, 2.05) is 42.5 Å². The van der Waals surface area contributed by atoms with Crippen LogP contribution in [0.25, 0.3) is 0 Å². The zero-order valence-electron chi connectivity index (χ0n) is 16.6. The Labute approximate surface area is 175 Å². The molecular formula is C23H22N4OS. The summed E-state index contributed by atoms with van der Waals surface area (Å²) in [5.41, 5.74) is 3.10. The van der Waals surface area contributed by atoms with E-state index in [0.717, 1.165) is 40.0 Å². The minimum Gasteiger partial charge on any atom is -0.369 e. The van der Waals surface area contributed by atoms with Crippen LogP contribution < -0.4 is 0 Å². The number of ether oxygens (including phenoxy) is 1. The third-order valence-electron chi connectivity index (χ3n) is 4.44. The first-order chi connectivity index (χ1) is 14.2. The molecule has 0 spiro atoms. The zero-order chi connectivity index (χ0) is 20.6. The predicted molar refractivity (Wildman–Crippen MR) is 112 cm³/mol. The molecule has 0 saturated heterocycles. The number of aryl methyl sites for hydroxylation is 1. The highest BCUT2D eigenvalue weighted by molar-refractivity contribution is 7.99. The molecule has 3 rings (SSSR count). The van der Waals surface area contributed by atoms with Gasteiger partial charge in [0.1, 0.15) is 17.5 Å². The average molecular weight is 403 g/mol. The largest absolute Gasteiger partial charge is 0.369 e. The van der Waals surface area contributed by atoms with Crippen molar-refractivity contribution in [3.8, 4) is 12.1 Å². The van der Waals surface area contributed by atoms with Crippen LogP contribution in [0.2, 0.25) is 0 Å². The number of imidazole rings is 1. The maximum atomic E-state index is 9.24. The van der Waals surface area contributed by atoms with Crippen molar-refractivity contribution >= 4 is 11.8 Å². The molecule has 146 valence electrons. The topological polar surface area (TPSA) is 74.6 Å². The van der Waals surface area contributed by atoms with Gasteiger partial charge in [-0.3, -0.25) is 0 Å². The Hall–Kier alpha value is -3.06. The van der Waals surface area contributed by atoms with E-state index in [1.165, 1.54) is 0 Å². The number of nitriles is 2. The number of nitrogens with zero attached hydrogens (tertiary/aromatic N) is 4. The van der Waals surface area contributed by atoms with Crippen molar-refractivity contribution in [2.45, 2.75) is 49.9 Å². The van der Waals surface area contributed by atoms with Gasteiger partial charge in [-0.1, -0.05) is 49.0 Å². The molecule has 5 nitrogen and oxygen atoms in total. The molecule has 0 saturated carbocycles. The van der Waals surface area contributed by atoms with E-state index in [4.69, 9.17) is 9.72 Å². The van der Waals surface area contributed by atoms with Crippen molar-refractivity contribution in [2.24, 2.45) is 0 Å². The third-order valence-corrected chi connectivity index (χ3v) is 5.56. The van der Waals surface area contributed by atoms with Crippen molar-refractivity contribution < 1.29 is 4.74 Å². The lowest BCUT2D eigenvalue weighted by Gasteiger charge is -2.11. The molecule has 0 bridgehead atoms. The van der Waals surface area contributed by atoms with Crippen LogP contribution >= 0.6 is 11.8 Å². The van der Waals surface area contributed by atoms with Gasteiger partial charge >= 0.3 is 0 Å². The summed E-state index contributed by atoms with van der Waals surface area (Å²) in [6.07, 6.45) is 0.796. The van der Waals surface area contributed by atoms with E-state index in [0.29, 0.717) is 24.3 Å². The lowest BCUT2D eigenvalue weighted by atomic mass is 10.1. The van der Waals surface area contributed by atoms with Crippen LogP contribution in [0.4, 0.5) is 0 Å². The highest BCUT2D eigenvalue weighted by Crippen LogP contribution is 2.33. The van der Waals surface area contributed by atoms with Crippen LogP contribution in [-0.4, -0.2) is 9.55 Å². The zero-order valence-corrected chi connectivity index (χ0v) is 17.4. The van der Waals surface area contributed by atoms with Crippen LogP contribution in [0.15, 0.2) is 58.5 Å².